The van der Waals surface area contributed by atoms with Crippen molar-refractivity contribution in [2.24, 2.45) is 0 Å². The Morgan fingerprint density at radius 1 is 1.08 bits per heavy atom. The smallest absolute Gasteiger partial charge is 0.269 e. The molecule has 6 heteroatoms. The van der Waals surface area contributed by atoms with Crippen molar-refractivity contribution in [3.8, 4) is 5.75 Å². The Hall–Kier alpha value is -2.86. The summed E-state index contributed by atoms with van der Waals surface area (Å²) in [7, 11) is 0. The van der Waals surface area contributed by atoms with Crippen molar-refractivity contribution in [3.05, 3.63) is 76.9 Å². The molecule has 0 amide bonds. The molecule has 1 aliphatic heterocycles. The Morgan fingerprint density at radius 3 is 2.42 bits per heavy atom. The molecule has 3 rings (SSSR count). The molecule has 0 N–H and O–H groups in total. The van der Waals surface area contributed by atoms with Crippen molar-refractivity contribution in [3.63, 3.8) is 0 Å². The fraction of sp³-hybridized carbons (Fsp3) is 0.300. The quantitative estimate of drug-likeness (QED) is 0.433. The third kappa shape index (κ3) is 4.40. The first-order chi connectivity index (χ1) is 12.7. The third-order valence-electron chi connectivity index (χ3n) is 4.52. The Labute approximate surface area is 153 Å². The van der Waals surface area contributed by atoms with E-state index in [1.165, 1.54) is 5.56 Å². The van der Waals surface area contributed by atoms with Gasteiger partial charge in [0.1, 0.15) is 12.4 Å². The van der Waals surface area contributed by atoms with Crippen molar-refractivity contribution in [2.45, 2.75) is 6.54 Å². The van der Waals surface area contributed by atoms with Gasteiger partial charge >= 0.3 is 0 Å². The molecule has 0 radical (unpaired) electrons. The third-order valence-corrected chi connectivity index (χ3v) is 4.52. The van der Waals surface area contributed by atoms with E-state index in [4.69, 9.17) is 4.74 Å². The fourth-order valence-corrected chi connectivity index (χ4v) is 3.11. The Kier molecular flexibility index (Phi) is 5.86. The first kappa shape index (κ1) is 17.9. The normalized spacial score (nSPS) is 14.8. The predicted molar refractivity (Wildman–Crippen MR) is 103 cm³/mol. The number of benzene rings is 2. The first-order valence-corrected chi connectivity index (χ1v) is 8.71. The molecule has 1 heterocycles. The minimum absolute atomic E-state index is 0.128. The van der Waals surface area contributed by atoms with E-state index in [2.05, 4.69) is 22.4 Å². The van der Waals surface area contributed by atoms with E-state index in [1.807, 2.05) is 30.3 Å². The van der Waals surface area contributed by atoms with Gasteiger partial charge in [-0.25, -0.2) is 0 Å². The second kappa shape index (κ2) is 8.49. The monoisotopic (exact) mass is 353 g/mol. The average Bonchev–Trinajstić information content (AvgIpc) is 2.68. The number of non-ortho nitro benzene ring substituents is 1. The van der Waals surface area contributed by atoms with Crippen LogP contribution in [-0.4, -0.2) is 42.6 Å². The number of ether oxygens (including phenoxy) is 1. The molecule has 1 fully saturated rings. The van der Waals surface area contributed by atoms with Crippen LogP contribution in [0.2, 0.25) is 0 Å². The first-order valence-electron chi connectivity index (χ1n) is 8.71. The summed E-state index contributed by atoms with van der Waals surface area (Å²) in [5.41, 5.74) is 2.34. The molecule has 1 saturated heterocycles. The van der Waals surface area contributed by atoms with E-state index in [0.29, 0.717) is 6.61 Å². The number of hydrogen-bond donors (Lipinski definition) is 0. The van der Waals surface area contributed by atoms with E-state index in [-0.39, 0.29) is 10.6 Å². The molecule has 6 nitrogen and oxygen atoms in total. The van der Waals surface area contributed by atoms with Crippen LogP contribution < -0.4 is 9.64 Å². The summed E-state index contributed by atoms with van der Waals surface area (Å²) in [6, 6.07) is 14.9. The molecule has 2 aromatic rings. The fourth-order valence-electron chi connectivity index (χ4n) is 3.11. The van der Waals surface area contributed by atoms with Crippen molar-refractivity contribution in [1.82, 2.24) is 4.90 Å². The topological polar surface area (TPSA) is 58.8 Å². The number of piperazine rings is 1. The predicted octanol–water partition coefficient (Wildman–Crippen LogP) is 3.48. The zero-order valence-electron chi connectivity index (χ0n) is 14.7. The van der Waals surface area contributed by atoms with Crippen molar-refractivity contribution < 1.29 is 9.66 Å². The van der Waals surface area contributed by atoms with Gasteiger partial charge in [0.15, 0.2) is 0 Å². The summed E-state index contributed by atoms with van der Waals surface area (Å²) < 4.78 is 5.74. The number of hydrogen-bond acceptors (Lipinski definition) is 5. The lowest BCUT2D eigenvalue weighted by Gasteiger charge is -2.36. The molecular weight excluding hydrogens is 330 g/mol. The highest BCUT2D eigenvalue weighted by Crippen LogP contribution is 2.23. The SMILES string of the molecule is C=CCOc1ccccc1CN1CCN(c2ccc([N+](=O)[O-])cc2)CC1. The highest BCUT2D eigenvalue weighted by molar-refractivity contribution is 5.51. The Morgan fingerprint density at radius 2 is 1.77 bits per heavy atom. The number of rotatable bonds is 7. The van der Waals surface area contributed by atoms with Crippen LogP contribution in [0.3, 0.4) is 0 Å². The van der Waals surface area contributed by atoms with Gasteiger partial charge < -0.3 is 9.64 Å². The summed E-state index contributed by atoms with van der Waals surface area (Å²) in [4.78, 5) is 15.1. The van der Waals surface area contributed by atoms with E-state index in [0.717, 1.165) is 44.2 Å². The second-order valence-corrected chi connectivity index (χ2v) is 6.24. The van der Waals surface area contributed by atoms with Crippen LogP contribution in [0.5, 0.6) is 5.75 Å². The number of nitrogens with zero attached hydrogens (tertiary/aromatic N) is 3. The average molecular weight is 353 g/mol. The molecule has 136 valence electrons. The van der Waals surface area contributed by atoms with Gasteiger partial charge in [-0.05, 0) is 18.2 Å². The molecule has 26 heavy (non-hydrogen) atoms. The summed E-state index contributed by atoms with van der Waals surface area (Å²) in [6.45, 7) is 8.72. The molecule has 0 saturated carbocycles. The molecular formula is C20H23N3O3. The van der Waals surface area contributed by atoms with E-state index >= 15 is 0 Å². The van der Waals surface area contributed by atoms with Crippen LogP contribution in [0.25, 0.3) is 0 Å². The summed E-state index contributed by atoms with van der Waals surface area (Å²) in [5.74, 6) is 0.908. The van der Waals surface area contributed by atoms with E-state index < -0.39 is 0 Å². The molecule has 0 bridgehead atoms. The van der Waals surface area contributed by atoms with E-state index in [1.54, 1.807) is 18.2 Å². The van der Waals surface area contributed by atoms with Gasteiger partial charge in [0.2, 0.25) is 0 Å². The maximum Gasteiger partial charge on any atom is 0.269 e. The van der Waals surface area contributed by atoms with Crippen LogP contribution >= 0.6 is 0 Å². The van der Waals surface area contributed by atoms with Gasteiger partial charge in [0.25, 0.3) is 5.69 Å². The van der Waals surface area contributed by atoms with Crippen LogP contribution in [0.1, 0.15) is 5.56 Å². The van der Waals surface area contributed by atoms with Crippen LogP contribution in [-0.2, 0) is 6.54 Å². The highest BCUT2D eigenvalue weighted by atomic mass is 16.6. The molecule has 2 aromatic carbocycles. The van der Waals surface area contributed by atoms with Crippen molar-refractivity contribution >= 4 is 11.4 Å². The minimum atomic E-state index is -0.367. The summed E-state index contributed by atoms with van der Waals surface area (Å²) in [6.07, 6.45) is 1.75. The van der Waals surface area contributed by atoms with Crippen LogP contribution in [0.15, 0.2) is 61.2 Å². The van der Waals surface area contributed by atoms with Gasteiger partial charge in [-0.15, -0.1) is 0 Å². The lowest BCUT2D eigenvalue weighted by Crippen LogP contribution is -2.46. The zero-order chi connectivity index (χ0) is 18.4. The van der Waals surface area contributed by atoms with Crippen LogP contribution in [0, 0.1) is 10.1 Å². The zero-order valence-corrected chi connectivity index (χ0v) is 14.7. The summed E-state index contributed by atoms with van der Waals surface area (Å²) >= 11 is 0. The Balaban J connectivity index is 1.57. The summed E-state index contributed by atoms with van der Waals surface area (Å²) in [5, 5.41) is 10.8. The molecule has 0 atom stereocenters. The Bertz CT molecular complexity index is 753. The number of nitro benzene ring substituents is 1. The molecule has 0 unspecified atom stereocenters. The number of para-hydroxylation sites is 1. The molecule has 0 spiro atoms. The lowest BCUT2D eigenvalue weighted by molar-refractivity contribution is -0.384. The highest BCUT2D eigenvalue weighted by Gasteiger charge is 2.19. The number of anilines is 1. The van der Waals surface area contributed by atoms with Crippen molar-refractivity contribution in [1.29, 1.82) is 0 Å². The van der Waals surface area contributed by atoms with Gasteiger partial charge in [-0.1, -0.05) is 30.9 Å². The van der Waals surface area contributed by atoms with Crippen molar-refractivity contribution in [2.75, 3.05) is 37.7 Å². The molecule has 0 aliphatic carbocycles. The standard InChI is InChI=1S/C20H23N3O3/c1-2-15-26-20-6-4-3-5-17(20)16-21-11-13-22(14-12-21)18-7-9-19(10-8-18)23(24)25/h2-10H,1,11-16H2. The van der Waals surface area contributed by atoms with E-state index in [9.17, 15) is 10.1 Å². The van der Waals surface area contributed by atoms with Crippen LogP contribution in [0.4, 0.5) is 11.4 Å². The largest absolute Gasteiger partial charge is 0.489 e. The molecule has 0 aromatic heterocycles. The van der Waals surface area contributed by atoms with Gasteiger partial charge in [-0.3, -0.25) is 15.0 Å². The maximum absolute atomic E-state index is 10.8. The lowest BCUT2D eigenvalue weighted by atomic mass is 10.1. The van der Waals surface area contributed by atoms with Gasteiger partial charge in [0, 0.05) is 56.1 Å². The van der Waals surface area contributed by atoms with Gasteiger partial charge in [-0.2, -0.15) is 0 Å². The second-order valence-electron chi connectivity index (χ2n) is 6.24. The number of nitro groups is 1. The van der Waals surface area contributed by atoms with Gasteiger partial charge in [0.05, 0.1) is 4.92 Å². The maximum atomic E-state index is 10.8. The minimum Gasteiger partial charge on any atom is -0.489 e. The molecule has 1 aliphatic rings.